The molecule has 3 rings (SSSR count). The van der Waals surface area contributed by atoms with E-state index in [0.29, 0.717) is 50.9 Å². The maximum absolute atomic E-state index is 12.6. The molecule has 0 radical (unpaired) electrons. The maximum Gasteiger partial charge on any atom is 0.419 e. The van der Waals surface area contributed by atoms with Crippen molar-refractivity contribution in [3.05, 3.63) is 35.2 Å². The highest BCUT2D eigenvalue weighted by Crippen LogP contribution is 2.27. The molecule has 1 aromatic rings. The smallest absolute Gasteiger partial charge is 0.360 e. The molecule has 8 nitrogen and oxygen atoms in total. The van der Waals surface area contributed by atoms with Crippen LogP contribution in [0, 0.1) is 0 Å². The lowest BCUT2D eigenvalue weighted by Gasteiger charge is -2.36. The van der Waals surface area contributed by atoms with E-state index < -0.39 is 11.7 Å². The predicted molar refractivity (Wildman–Crippen MR) is 105 cm³/mol. The van der Waals surface area contributed by atoms with Crippen molar-refractivity contribution in [3.63, 3.8) is 0 Å². The van der Waals surface area contributed by atoms with Crippen LogP contribution < -0.4 is 5.32 Å². The fourth-order valence-corrected chi connectivity index (χ4v) is 3.55. The molecule has 0 aromatic carbocycles. The number of aliphatic imine (C=N–C) groups is 1. The van der Waals surface area contributed by atoms with Crippen molar-refractivity contribution in [1.82, 2.24) is 30.0 Å². The van der Waals surface area contributed by atoms with Gasteiger partial charge in [0.1, 0.15) is 11.6 Å². The monoisotopic (exact) mass is 425 g/mol. The van der Waals surface area contributed by atoms with Gasteiger partial charge in [0, 0.05) is 52.2 Å². The van der Waals surface area contributed by atoms with E-state index in [0.717, 1.165) is 37.6 Å². The van der Waals surface area contributed by atoms with Gasteiger partial charge in [-0.25, -0.2) is 9.97 Å². The third kappa shape index (κ3) is 5.47. The van der Waals surface area contributed by atoms with Crippen LogP contribution in [0.2, 0.25) is 0 Å². The number of rotatable bonds is 4. The van der Waals surface area contributed by atoms with Gasteiger partial charge in [0.2, 0.25) is 12.4 Å². The summed E-state index contributed by atoms with van der Waals surface area (Å²) in [5.41, 5.74) is 0.334. The van der Waals surface area contributed by atoms with Crippen LogP contribution in [0.3, 0.4) is 0 Å². The highest BCUT2D eigenvalue weighted by atomic mass is 19.4. The molecule has 0 saturated carbocycles. The van der Waals surface area contributed by atoms with Crippen molar-refractivity contribution < 1.29 is 18.0 Å². The van der Waals surface area contributed by atoms with Gasteiger partial charge in [-0.15, -0.1) is 0 Å². The maximum atomic E-state index is 12.6. The van der Waals surface area contributed by atoms with Crippen LogP contribution in [0.5, 0.6) is 0 Å². The summed E-state index contributed by atoms with van der Waals surface area (Å²) in [6, 6.07) is 0. The lowest BCUT2D eigenvalue weighted by Crippen LogP contribution is -2.52. The SMILES string of the molecule is CC1=C(/N=C(\NC=O)N2CCN(Cc3ncc(C(F)(F)F)cn3)CC2)N(C)CCC1. The molecular weight excluding hydrogens is 399 g/mol. The standard InChI is InChI=1S/C19H26F3N7O/c1-14-4-3-5-27(2)17(14)26-18(25-13-30)29-8-6-28(7-9-29)12-16-23-10-15(11-24-16)19(20,21)22/h10-11,13H,3-9,12H2,1-2H3,(H,25,26,30). The van der Waals surface area contributed by atoms with Crippen molar-refractivity contribution in [2.45, 2.75) is 32.5 Å². The molecular formula is C19H26F3N7O. The van der Waals surface area contributed by atoms with E-state index in [1.807, 2.05) is 11.9 Å². The van der Waals surface area contributed by atoms with Crippen molar-refractivity contribution in [1.29, 1.82) is 0 Å². The minimum atomic E-state index is -4.44. The number of hydrogen-bond acceptors (Lipinski definition) is 6. The number of alkyl halides is 3. The van der Waals surface area contributed by atoms with Gasteiger partial charge in [0.15, 0.2) is 0 Å². The molecule has 30 heavy (non-hydrogen) atoms. The first-order valence-corrected chi connectivity index (χ1v) is 9.83. The molecule has 0 unspecified atom stereocenters. The topological polar surface area (TPSA) is 77.0 Å². The summed E-state index contributed by atoms with van der Waals surface area (Å²) in [5.74, 6) is 1.74. The second-order valence-electron chi connectivity index (χ2n) is 7.48. The normalized spacial score (nSPS) is 19.3. The average Bonchev–Trinajstić information content (AvgIpc) is 2.70. The van der Waals surface area contributed by atoms with Crippen molar-refractivity contribution >= 4 is 12.4 Å². The Morgan fingerprint density at radius 3 is 2.43 bits per heavy atom. The molecule has 1 saturated heterocycles. The number of allylic oxidation sites excluding steroid dienone is 1. The van der Waals surface area contributed by atoms with Crippen LogP contribution >= 0.6 is 0 Å². The first-order chi connectivity index (χ1) is 14.3. The van der Waals surface area contributed by atoms with Crippen molar-refractivity contribution in [3.8, 4) is 0 Å². The van der Waals surface area contributed by atoms with Crippen LogP contribution in [0.1, 0.15) is 31.2 Å². The molecule has 0 atom stereocenters. The van der Waals surface area contributed by atoms with Gasteiger partial charge in [0.05, 0.1) is 12.1 Å². The number of aromatic nitrogens is 2. The highest BCUT2D eigenvalue weighted by molar-refractivity contribution is 5.89. The molecule has 1 N–H and O–H groups in total. The number of carbonyl (C=O) groups is 1. The Labute approximate surface area is 173 Å². The minimum absolute atomic E-state index is 0.348. The van der Waals surface area contributed by atoms with E-state index in [9.17, 15) is 18.0 Å². The Balaban J connectivity index is 1.61. The molecule has 0 aliphatic carbocycles. The van der Waals surface area contributed by atoms with Crippen LogP contribution in [0.15, 0.2) is 28.8 Å². The number of halogens is 3. The van der Waals surface area contributed by atoms with E-state index in [-0.39, 0.29) is 0 Å². The second kappa shape index (κ2) is 9.41. The lowest BCUT2D eigenvalue weighted by atomic mass is 10.1. The summed E-state index contributed by atoms with van der Waals surface area (Å²) < 4.78 is 37.9. The molecule has 2 aliphatic heterocycles. The summed E-state index contributed by atoms with van der Waals surface area (Å²) in [4.78, 5) is 29.6. The third-order valence-electron chi connectivity index (χ3n) is 5.26. The molecule has 2 aliphatic rings. The number of amides is 1. The summed E-state index contributed by atoms with van der Waals surface area (Å²) in [5, 5.41) is 2.71. The number of piperazine rings is 1. The van der Waals surface area contributed by atoms with Crippen LogP contribution in [-0.2, 0) is 17.5 Å². The van der Waals surface area contributed by atoms with E-state index in [1.165, 1.54) is 5.57 Å². The first-order valence-electron chi connectivity index (χ1n) is 9.83. The van der Waals surface area contributed by atoms with Gasteiger partial charge in [-0.1, -0.05) is 0 Å². The predicted octanol–water partition coefficient (Wildman–Crippen LogP) is 1.67. The molecule has 0 spiro atoms. The average molecular weight is 425 g/mol. The number of carbonyl (C=O) groups excluding carboxylic acids is 1. The van der Waals surface area contributed by atoms with Gasteiger partial charge >= 0.3 is 6.18 Å². The van der Waals surface area contributed by atoms with Crippen molar-refractivity contribution in [2.24, 2.45) is 4.99 Å². The molecule has 0 bridgehead atoms. The van der Waals surface area contributed by atoms with Crippen LogP contribution in [0.25, 0.3) is 0 Å². The Bertz CT molecular complexity index is 799. The molecule has 1 aromatic heterocycles. The number of nitrogens with zero attached hydrogens (tertiary/aromatic N) is 6. The van der Waals surface area contributed by atoms with Crippen molar-refractivity contribution in [2.75, 3.05) is 39.8 Å². The second-order valence-corrected chi connectivity index (χ2v) is 7.48. The Kier molecular flexibility index (Phi) is 6.91. The quantitative estimate of drug-likeness (QED) is 0.449. The zero-order valence-electron chi connectivity index (χ0n) is 17.1. The van der Waals surface area contributed by atoms with E-state index >= 15 is 0 Å². The van der Waals surface area contributed by atoms with Gasteiger partial charge < -0.3 is 9.80 Å². The van der Waals surface area contributed by atoms with E-state index in [2.05, 4.69) is 32.0 Å². The zero-order chi connectivity index (χ0) is 21.7. The van der Waals surface area contributed by atoms with Crippen LogP contribution in [0.4, 0.5) is 13.2 Å². The molecule has 11 heteroatoms. The fraction of sp³-hybridized carbons (Fsp3) is 0.579. The molecule has 1 fully saturated rings. The van der Waals surface area contributed by atoms with Gasteiger partial charge in [0.25, 0.3) is 0 Å². The Morgan fingerprint density at radius 1 is 1.20 bits per heavy atom. The van der Waals surface area contributed by atoms with Gasteiger partial charge in [-0.2, -0.15) is 18.2 Å². The summed E-state index contributed by atoms with van der Waals surface area (Å²) in [6.07, 6.45) is -0.116. The van der Waals surface area contributed by atoms with Gasteiger partial charge in [-0.3, -0.25) is 15.0 Å². The lowest BCUT2D eigenvalue weighted by molar-refractivity contribution is -0.138. The number of nitrogens with one attached hydrogen (secondary N) is 1. The van der Waals surface area contributed by atoms with E-state index in [1.54, 1.807) is 0 Å². The summed E-state index contributed by atoms with van der Waals surface area (Å²) in [6.45, 7) is 5.88. The summed E-state index contributed by atoms with van der Waals surface area (Å²) >= 11 is 0. The molecule has 164 valence electrons. The minimum Gasteiger partial charge on any atom is -0.360 e. The number of guanidine groups is 1. The largest absolute Gasteiger partial charge is 0.419 e. The summed E-state index contributed by atoms with van der Waals surface area (Å²) in [7, 11) is 1.99. The van der Waals surface area contributed by atoms with E-state index in [4.69, 9.17) is 4.99 Å². The fourth-order valence-electron chi connectivity index (χ4n) is 3.55. The van der Waals surface area contributed by atoms with Gasteiger partial charge in [-0.05, 0) is 25.3 Å². The highest BCUT2D eigenvalue weighted by Gasteiger charge is 2.31. The zero-order valence-corrected chi connectivity index (χ0v) is 17.1. The Morgan fingerprint density at radius 2 is 1.87 bits per heavy atom. The van der Waals surface area contributed by atoms with Crippen LogP contribution in [-0.4, -0.2) is 76.8 Å². The molecule has 3 heterocycles. The first kappa shape index (κ1) is 22.0. The Hall–Kier alpha value is -2.69. The molecule has 1 amide bonds. The number of hydrogen-bond donors (Lipinski definition) is 1. The third-order valence-corrected chi connectivity index (χ3v) is 5.26.